The van der Waals surface area contributed by atoms with Gasteiger partial charge in [-0.05, 0) is 43.3 Å². The van der Waals surface area contributed by atoms with Crippen LogP contribution in [0.3, 0.4) is 0 Å². The van der Waals surface area contributed by atoms with Crippen molar-refractivity contribution in [1.82, 2.24) is 19.3 Å². The van der Waals surface area contributed by atoms with Crippen LogP contribution in [-0.4, -0.2) is 61.0 Å². The van der Waals surface area contributed by atoms with Gasteiger partial charge in [0.15, 0.2) is 0 Å². The zero-order valence-corrected chi connectivity index (χ0v) is 18.2. The van der Waals surface area contributed by atoms with E-state index >= 15 is 0 Å². The maximum atomic E-state index is 13.0. The highest BCUT2D eigenvalue weighted by atomic mass is 32.2. The van der Waals surface area contributed by atoms with Gasteiger partial charge in [-0.3, -0.25) is 4.98 Å². The maximum absolute atomic E-state index is 13.0. The summed E-state index contributed by atoms with van der Waals surface area (Å²) in [5.41, 5.74) is 1.71. The molecule has 0 unspecified atom stereocenters. The third-order valence-corrected chi connectivity index (χ3v) is 6.93. The number of nitrogens with zero attached hydrogens (tertiary/aromatic N) is 5. The van der Waals surface area contributed by atoms with Gasteiger partial charge in [0.1, 0.15) is 11.6 Å². The summed E-state index contributed by atoms with van der Waals surface area (Å²) in [6, 6.07) is 12.0. The highest BCUT2D eigenvalue weighted by Crippen LogP contribution is 2.23. The minimum atomic E-state index is -3.56. The van der Waals surface area contributed by atoms with Crippen LogP contribution in [0.1, 0.15) is 5.69 Å². The van der Waals surface area contributed by atoms with E-state index in [0.717, 1.165) is 11.4 Å². The van der Waals surface area contributed by atoms with Crippen molar-refractivity contribution in [3.63, 3.8) is 0 Å². The van der Waals surface area contributed by atoms with Gasteiger partial charge >= 0.3 is 0 Å². The van der Waals surface area contributed by atoms with E-state index in [9.17, 15) is 8.42 Å². The molecule has 2 aromatic heterocycles. The Morgan fingerprint density at radius 3 is 2.29 bits per heavy atom. The van der Waals surface area contributed by atoms with E-state index < -0.39 is 10.0 Å². The summed E-state index contributed by atoms with van der Waals surface area (Å²) in [6.45, 7) is 3.64. The topological polar surface area (TPSA) is 101 Å². The molecule has 0 amide bonds. The molecule has 1 fully saturated rings. The fourth-order valence-electron chi connectivity index (χ4n) is 3.37. The molecule has 1 N–H and O–H groups in total. The van der Waals surface area contributed by atoms with Crippen LogP contribution in [0.15, 0.2) is 59.8 Å². The number of hydrogen-bond donors (Lipinski definition) is 1. The molecule has 0 aliphatic carbocycles. The van der Waals surface area contributed by atoms with Crippen LogP contribution < -0.4 is 15.0 Å². The molecule has 0 radical (unpaired) electrons. The summed E-state index contributed by atoms with van der Waals surface area (Å²) in [7, 11) is -2.01. The molecule has 10 heteroatoms. The first-order valence-electron chi connectivity index (χ1n) is 9.87. The molecule has 0 atom stereocenters. The van der Waals surface area contributed by atoms with Crippen molar-refractivity contribution in [3.05, 3.63) is 60.6 Å². The smallest absolute Gasteiger partial charge is 0.243 e. The van der Waals surface area contributed by atoms with Gasteiger partial charge in [-0.25, -0.2) is 13.4 Å². The predicted octanol–water partition coefficient (Wildman–Crippen LogP) is 2.44. The molecule has 9 nitrogen and oxygen atoms in total. The zero-order valence-electron chi connectivity index (χ0n) is 17.4. The Bertz CT molecular complexity index is 1130. The summed E-state index contributed by atoms with van der Waals surface area (Å²) >= 11 is 0. The molecule has 1 aliphatic rings. The zero-order chi connectivity index (χ0) is 21.8. The standard InChI is InChI=1S/C21H24N6O3S/c1-16-15-20(24-17-7-9-22-10-8-17)25-21(23-16)26-11-13-27(14-12-26)31(28,29)19-5-3-18(30-2)4-6-19/h3-10,15H,11-14H2,1-2H3,(H,22,23,24,25). The normalized spacial score (nSPS) is 15.0. The second kappa shape index (κ2) is 8.86. The molecule has 1 saturated heterocycles. The molecule has 3 heterocycles. The second-order valence-electron chi connectivity index (χ2n) is 7.12. The van der Waals surface area contributed by atoms with Crippen molar-refractivity contribution in [2.24, 2.45) is 0 Å². The van der Waals surface area contributed by atoms with Gasteiger partial charge in [0, 0.05) is 56.0 Å². The first-order chi connectivity index (χ1) is 15.0. The van der Waals surface area contributed by atoms with E-state index in [4.69, 9.17) is 4.74 Å². The molecule has 1 aromatic carbocycles. The van der Waals surface area contributed by atoms with Crippen LogP contribution >= 0.6 is 0 Å². The average Bonchev–Trinajstić information content (AvgIpc) is 2.79. The quantitative estimate of drug-likeness (QED) is 0.624. The number of benzene rings is 1. The van der Waals surface area contributed by atoms with E-state index in [0.29, 0.717) is 43.7 Å². The van der Waals surface area contributed by atoms with Gasteiger partial charge < -0.3 is 15.0 Å². The lowest BCUT2D eigenvalue weighted by Gasteiger charge is -2.34. The van der Waals surface area contributed by atoms with Crippen LogP contribution in [-0.2, 0) is 10.0 Å². The Morgan fingerprint density at radius 2 is 1.65 bits per heavy atom. The number of hydrogen-bond acceptors (Lipinski definition) is 8. The largest absolute Gasteiger partial charge is 0.497 e. The van der Waals surface area contributed by atoms with Crippen LogP contribution in [0.5, 0.6) is 5.75 Å². The number of ether oxygens (including phenoxy) is 1. The third-order valence-electron chi connectivity index (χ3n) is 5.01. The molecular formula is C21H24N6O3S. The first kappa shape index (κ1) is 21.0. The highest BCUT2D eigenvalue weighted by molar-refractivity contribution is 7.89. The average molecular weight is 441 g/mol. The molecule has 4 rings (SSSR count). The van der Waals surface area contributed by atoms with Gasteiger partial charge in [-0.2, -0.15) is 9.29 Å². The summed E-state index contributed by atoms with van der Waals surface area (Å²) in [5.74, 6) is 1.89. The number of rotatable bonds is 6. The number of aromatic nitrogens is 3. The Kier molecular flexibility index (Phi) is 6.01. The Morgan fingerprint density at radius 1 is 0.968 bits per heavy atom. The first-order valence-corrected chi connectivity index (χ1v) is 11.3. The van der Waals surface area contributed by atoms with E-state index in [-0.39, 0.29) is 4.90 Å². The summed E-state index contributed by atoms with van der Waals surface area (Å²) in [4.78, 5) is 15.4. The van der Waals surface area contributed by atoms with Crippen LogP contribution in [0.4, 0.5) is 17.5 Å². The van der Waals surface area contributed by atoms with Crippen molar-refractivity contribution >= 4 is 27.5 Å². The molecule has 1 aliphatic heterocycles. The fraction of sp³-hybridized carbons (Fsp3) is 0.286. The Labute approximate surface area is 181 Å². The molecule has 3 aromatic rings. The second-order valence-corrected chi connectivity index (χ2v) is 9.06. The van der Waals surface area contributed by atoms with Crippen molar-refractivity contribution < 1.29 is 13.2 Å². The van der Waals surface area contributed by atoms with Gasteiger partial charge in [0.05, 0.1) is 12.0 Å². The van der Waals surface area contributed by atoms with Crippen molar-refractivity contribution in [1.29, 1.82) is 0 Å². The van der Waals surface area contributed by atoms with Gasteiger partial charge in [0.25, 0.3) is 0 Å². The van der Waals surface area contributed by atoms with Gasteiger partial charge in [-0.15, -0.1) is 0 Å². The predicted molar refractivity (Wildman–Crippen MR) is 118 cm³/mol. The number of pyridine rings is 1. The van der Waals surface area contributed by atoms with Crippen LogP contribution in [0, 0.1) is 6.92 Å². The number of anilines is 3. The molecule has 0 bridgehead atoms. The lowest BCUT2D eigenvalue weighted by Crippen LogP contribution is -2.49. The van der Waals surface area contributed by atoms with Crippen molar-refractivity contribution in [2.75, 3.05) is 43.5 Å². The minimum Gasteiger partial charge on any atom is -0.497 e. The maximum Gasteiger partial charge on any atom is 0.243 e. The SMILES string of the molecule is COc1ccc(S(=O)(=O)N2CCN(c3nc(C)cc(Nc4ccncc4)n3)CC2)cc1. The van der Waals surface area contributed by atoms with E-state index in [1.807, 2.05) is 30.0 Å². The molecular weight excluding hydrogens is 416 g/mol. The highest BCUT2D eigenvalue weighted by Gasteiger charge is 2.29. The molecule has 162 valence electrons. The van der Waals surface area contributed by atoms with E-state index in [1.54, 1.807) is 43.8 Å². The van der Waals surface area contributed by atoms with Gasteiger partial charge in [0.2, 0.25) is 16.0 Å². The fourth-order valence-corrected chi connectivity index (χ4v) is 4.79. The number of nitrogens with one attached hydrogen (secondary N) is 1. The monoisotopic (exact) mass is 440 g/mol. The lowest BCUT2D eigenvalue weighted by molar-refractivity contribution is 0.382. The summed E-state index contributed by atoms with van der Waals surface area (Å²) in [6.07, 6.45) is 3.42. The number of methoxy groups -OCH3 is 1. The van der Waals surface area contributed by atoms with Gasteiger partial charge in [-0.1, -0.05) is 0 Å². The van der Waals surface area contributed by atoms with Crippen molar-refractivity contribution in [2.45, 2.75) is 11.8 Å². The van der Waals surface area contributed by atoms with Crippen LogP contribution in [0.25, 0.3) is 0 Å². The molecule has 0 spiro atoms. The minimum absolute atomic E-state index is 0.261. The van der Waals surface area contributed by atoms with Crippen LogP contribution in [0.2, 0.25) is 0 Å². The number of piperazine rings is 1. The summed E-state index contributed by atoms with van der Waals surface area (Å²) in [5, 5.41) is 3.25. The number of aryl methyl sites for hydroxylation is 1. The third kappa shape index (κ3) is 4.75. The van der Waals surface area contributed by atoms with Crippen molar-refractivity contribution in [3.8, 4) is 5.75 Å². The summed E-state index contributed by atoms with van der Waals surface area (Å²) < 4.78 is 32.5. The Balaban J connectivity index is 1.45. The molecule has 31 heavy (non-hydrogen) atoms. The Hall–Kier alpha value is -3.24. The number of sulfonamides is 1. The lowest BCUT2D eigenvalue weighted by atomic mass is 10.3. The molecule has 0 saturated carbocycles. The van der Waals surface area contributed by atoms with E-state index in [1.165, 1.54) is 4.31 Å². The van der Waals surface area contributed by atoms with E-state index in [2.05, 4.69) is 20.3 Å².